The maximum Gasteiger partial charge on any atom is 0.332 e. The quantitative estimate of drug-likeness (QED) is 0.694. The summed E-state index contributed by atoms with van der Waals surface area (Å²) in [6.45, 7) is 3.33. The summed E-state index contributed by atoms with van der Waals surface area (Å²) in [4.78, 5) is 37.8. The van der Waals surface area contributed by atoms with E-state index in [4.69, 9.17) is 0 Å². The monoisotopic (exact) mass is 390 g/mol. The van der Waals surface area contributed by atoms with Crippen LogP contribution in [0, 0.1) is 5.82 Å². The van der Waals surface area contributed by atoms with Gasteiger partial charge in [-0.25, -0.2) is 9.18 Å². The molecule has 0 aliphatic heterocycles. The summed E-state index contributed by atoms with van der Waals surface area (Å²) in [5.74, 6) is -0.849. The van der Waals surface area contributed by atoms with Crippen molar-refractivity contribution in [3.8, 4) is 0 Å². The number of nitrogens with zero attached hydrogens (tertiary/aromatic N) is 3. The number of hydrogen-bond donors (Lipinski definition) is 1. The molecule has 0 aliphatic rings. The van der Waals surface area contributed by atoms with E-state index in [1.165, 1.54) is 22.8 Å². The van der Waals surface area contributed by atoms with E-state index < -0.39 is 17.1 Å². The number of benzene rings is 1. The number of nitrogens with one attached hydrogen (secondary N) is 1. The first-order valence-corrected chi connectivity index (χ1v) is 9.36. The largest absolute Gasteiger partial charge is 0.352 e. The predicted octanol–water partition coefficient (Wildman–Crippen LogP) is 1.72. The smallest absolute Gasteiger partial charge is 0.332 e. The highest BCUT2D eigenvalue weighted by molar-refractivity contribution is 7.04. The van der Waals surface area contributed by atoms with Crippen LogP contribution in [0.15, 0.2) is 39.2 Å². The van der Waals surface area contributed by atoms with Gasteiger partial charge in [0.15, 0.2) is 5.52 Å². The summed E-state index contributed by atoms with van der Waals surface area (Å²) >= 11 is 1.02. The lowest BCUT2D eigenvalue weighted by atomic mass is 10.2. The van der Waals surface area contributed by atoms with Gasteiger partial charge in [-0.05, 0) is 30.9 Å². The Bertz CT molecular complexity index is 1100. The van der Waals surface area contributed by atoms with Gasteiger partial charge >= 0.3 is 5.69 Å². The number of carbonyl (C=O) groups is 1. The zero-order valence-corrected chi connectivity index (χ0v) is 15.8. The summed E-state index contributed by atoms with van der Waals surface area (Å²) < 4.78 is 20.2. The Labute approximate surface area is 158 Å². The van der Waals surface area contributed by atoms with E-state index >= 15 is 0 Å². The lowest BCUT2D eigenvalue weighted by Gasteiger charge is -2.14. The number of rotatable bonds is 6. The SMILES string of the molecule is CC[C@H](C)NC(=O)Cn1c(=O)n(Cc2ccccc2F)c(=O)c2nscc21. The van der Waals surface area contributed by atoms with Crippen LogP contribution in [0.1, 0.15) is 25.8 Å². The summed E-state index contributed by atoms with van der Waals surface area (Å²) in [7, 11) is 0. The van der Waals surface area contributed by atoms with Crippen LogP contribution in [0.4, 0.5) is 4.39 Å². The summed E-state index contributed by atoms with van der Waals surface area (Å²) in [6, 6.07) is 5.89. The van der Waals surface area contributed by atoms with Crippen LogP contribution in [-0.4, -0.2) is 25.5 Å². The van der Waals surface area contributed by atoms with E-state index in [0.29, 0.717) is 5.52 Å². The topological polar surface area (TPSA) is 86.0 Å². The van der Waals surface area contributed by atoms with Gasteiger partial charge in [0.2, 0.25) is 5.91 Å². The van der Waals surface area contributed by atoms with E-state index in [0.717, 1.165) is 22.5 Å². The van der Waals surface area contributed by atoms with E-state index in [-0.39, 0.29) is 36.1 Å². The zero-order valence-electron chi connectivity index (χ0n) is 14.9. The highest BCUT2D eigenvalue weighted by Crippen LogP contribution is 2.11. The minimum Gasteiger partial charge on any atom is -0.352 e. The highest BCUT2D eigenvalue weighted by Gasteiger charge is 2.18. The van der Waals surface area contributed by atoms with Gasteiger partial charge in [-0.2, -0.15) is 4.37 Å². The van der Waals surface area contributed by atoms with E-state index in [9.17, 15) is 18.8 Å². The van der Waals surface area contributed by atoms with Crippen molar-refractivity contribution in [3.63, 3.8) is 0 Å². The Balaban J connectivity index is 2.08. The molecule has 0 saturated carbocycles. The second-order valence-corrected chi connectivity index (χ2v) is 6.91. The standard InChI is InChI=1S/C18H19FN4O3S/c1-3-11(2)20-15(24)9-22-14-10-27-21-16(14)17(25)23(18(22)26)8-12-6-4-5-7-13(12)19/h4-7,10-11H,3,8-9H2,1-2H3,(H,20,24)/t11-/m0/s1. The molecule has 1 amide bonds. The second kappa shape index (κ2) is 7.83. The van der Waals surface area contributed by atoms with Crippen LogP contribution in [-0.2, 0) is 17.9 Å². The molecule has 0 spiro atoms. The third kappa shape index (κ3) is 3.82. The molecule has 1 aromatic carbocycles. The van der Waals surface area contributed by atoms with Crippen molar-refractivity contribution >= 4 is 28.5 Å². The third-order valence-corrected chi connectivity index (χ3v) is 4.98. The Kier molecular flexibility index (Phi) is 5.50. The molecule has 9 heteroatoms. The van der Waals surface area contributed by atoms with Crippen molar-refractivity contribution in [2.24, 2.45) is 0 Å². The van der Waals surface area contributed by atoms with Crippen LogP contribution in [0.2, 0.25) is 0 Å². The van der Waals surface area contributed by atoms with Gasteiger partial charge in [-0.3, -0.25) is 18.7 Å². The molecule has 0 unspecified atom stereocenters. The van der Waals surface area contributed by atoms with Crippen molar-refractivity contribution in [1.29, 1.82) is 0 Å². The van der Waals surface area contributed by atoms with Gasteiger partial charge in [0.25, 0.3) is 5.56 Å². The minimum absolute atomic E-state index is 0.0337. The molecule has 27 heavy (non-hydrogen) atoms. The molecular formula is C18H19FN4O3S. The van der Waals surface area contributed by atoms with Crippen LogP contribution in [0.25, 0.3) is 11.0 Å². The summed E-state index contributed by atoms with van der Waals surface area (Å²) in [6.07, 6.45) is 0.753. The van der Waals surface area contributed by atoms with Gasteiger partial charge < -0.3 is 5.32 Å². The Morgan fingerprint density at radius 2 is 2.04 bits per heavy atom. The first-order valence-electron chi connectivity index (χ1n) is 8.52. The molecule has 142 valence electrons. The van der Waals surface area contributed by atoms with E-state index in [1.54, 1.807) is 11.4 Å². The summed E-state index contributed by atoms with van der Waals surface area (Å²) in [5.41, 5.74) is -0.665. The number of aromatic nitrogens is 3. The van der Waals surface area contributed by atoms with Crippen LogP contribution in [0.3, 0.4) is 0 Å². The van der Waals surface area contributed by atoms with Crippen LogP contribution < -0.4 is 16.6 Å². The number of fused-ring (bicyclic) bond motifs is 1. The van der Waals surface area contributed by atoms with Gasteiger partial charge in [-0.1, -0.05) is 25.1 Å². The molecule has 3 aromatic rings. The maximum atomic E-state index is 14.0. The van der Waals surface area contributed by atoms with Gasteiger partial charge in [0, 0.05) is 17.0 Å². The first kappa shape index (κ1) is 19.0. The molecule has 0 fully saturated rings. The normalized spacial score (nSPS) is 12.3. The van der Waals surface area contributed by atoms with Gasteiger partial charge in [0.1, 0.15) is 12.4 Å². The minimum atomic E-state index is -0.671. The lowest BCUT2D eigenvalue weighted by molar-refractivity contribution is -0.122. The Hall–Kier alpha value is -2.81. The van der Waals surface area contributed by atoms with E-state index in [1.807, 2.05) is 13.8 Å². The Morgan fingerprint density at radius 3 is 2.74 bits per heavy atom. The number of halogens is 1. The lowest BCUT2D eigenvalue weighted by Crippen LogP contribution is -2.43. The van der Waals surface area contributed by atoms with Crippen molar-refractivity contribution in [2.75, 3.05) is 0 Å². The molecular weight excluding hydrogens is 371 g/mol. The molecule has 2 heterocycles. The number of carbonyl (C=O) groups excluding carboxylic acids is 1. The maximum absolute atomic E-state index is 14.0. The van der Waals surface area contributed by atoms with Gasteiger partial charge in [-0.15, -0.1) is 0 Å². The molecule has 7 nitrogen and oxygen atoms in total. The van der Waals surface area contributed by atoms with E-state index in [2.05, 4.69) is 9.69 Å². The molecule has 0 bridgehead atoms. The van der Waals surface area contributed by atoms with Crippen molar-refractivity contribution in [2.45, 2.75) is 39.4 Å². The van der Waals surface area contributed by atoms with Crippen molar-refractivity contribution in [3.05, 3.63) is 61.9 Å². The molecule has 0 aliphatic carbocycles. The van der Waals surface area contributed by atoms with Crippen LogP contribution in [0.5, 0.6) is 0 Å². The van der Waals surface area contributed by atoms with Crippen LogP contribution >= 0.6 is 11.5 Å². The molecule has 2 aromatic heterocycles. The number of amides is 1. The first-order chi connectivity index (χ1) is 12.9. The van der Waals surface area contributed by atoms with Crippen molar-refractivity contribution < 1.29 is 9.18 Å². The Morgan fingerprint density at radius 1 is 1.30 bits per heavy atom. The number of hydrogen-bond acceptors (Lipinski definition) is 5. The molecule has 0 radical (unpaired) electrons. The molecule has 1 N–H and O–H groups in total. The third-order valence-electron chi connectivity index (χ3n) is 4.36. The molecule has 1 atom stereocenters. The second-order valence-electron chi connectivity index (χ2n) is 6.28. The fourth-order valence-corrected chi connectivity index (χ4v) is 3.36. The summed E-state index contributed by atoms with van der Waals surface area (Å²) in [5, 5.41) is 4.35. The fraction of sp³-hybridized carbons (Fsp3) is 0.333. The average molecular weight is 390 g/mol. The molecule has 3 rings (SSSR count). The highest BCUT2D eigenvalue weighted by atomic mass is 32.1. The van der Waals surface area contributed by atoms with Crippen molar-refractivity contribution in [1.82, 2.24) is 18.8 Å². The molecule has 0 saturated heterocycles. The predicted molar refractivity (Wildman–Crippen MR) is 102 cm³/mol. The zero-order chi connectivity index (χ0) is 19.6. The van der Waals surface area contributed by atoms with Gasteiger partial charge in [0.05, 0.1) is 12.1 Å². The average Bonchev–Trinajstić information content (AvgIpc) is 3.13. The fourth-order valence-electron chi connectivity index (χ4n) is 2.69.